The lowest BCUT2D eigenvalue weighted by Gasteiger charge is -2.06. The molecule has 0 saturated heterocycles. The number of hydrogen-bond acceptors (Lipinski definition) is 3. The number of hydrogen-bond donors (Lipinski definition) is 2. The summed E-state index contributed by atoms with van der Waals surface area (Å²) >= 11 is 0. The van der Waals surface area contributed by atoms with Gasteiger partial charge in [-0.15, -0.1) is 0 Å². The molecule has 0 bridgehead atoms. The van der Waals surface area contributed by atoms with E-state index >= 15 is 0 Å². The molecule has 0 atom stereocenters. The first kappa shape index (κ1) is 17.4. The van der Waals surface area contributed by atoms with Crippen LogP contribution in [0.5, 0.6) is 0 Å². The topological polar surface area (TPSA) is 70.6 Å². The predicted octanol–water partition coefficient (Wildman–Crippen LogP) is 3.25. The number of hydrazone groups is 1. The van der Waals surface area contributed by atoms with Crippen molar-refractivity contribution in [2.75, 3.05) is 5.32 Å². The van der Waals surface area contributed by atoms with E-state index in [0.717, 1.165) is 16.8 Å². The van der Waals surface area contributed by atoms with Crippen LogP contribution >= 0.6 is 0 Å². The summed E-state index contributed by atoms with van der Waals surface area (Å²) in [6.07, 6.45) is 0.197. The van der Waals surface area contributed by atoms with Crippen molar-refractivity contribution in [2.24, 2.45) is 5.10 Å². The first-order valence-electron chi connectivity index (χ1n) is 7.79. The Morgan fingerprint density at radius 2 is 1.67 bits per heavy atom. The highest BCUT2D eigenvalue weighted by atomic mass is 16.2. The molecule has 0 aliphatic heterocycles. The SMILES string of the molecule is C/C(=N\NC(=O)CCC(=O)Nc1cccc(C)c1)c1ccccc1. The molecule has 0 aliphatic rings. The summed E-state index contributed by atoms with van der Waals surface area (Å²) in [4.78, 5) is 23.7. The molecule has 0 unspecified atom stereocenters. The summed E-state index contributed by atoms with van der Waals surface area (Å²) in [7, 11) is 0. The number of carbonyl (C=O) groups is 2. The van der Waals surface area contributed by atoms with Crippen molar-refractivity contribution >= 4 is 23.2 Å². The Bertz CT molecular complexity index is 739. The molecule has 0 radical (unpaired) electrons. The largest absolute Gasteiger partial charge is 0.326 e. The summed E-state index contributed by atoms with van der Waals surface area (Å²) in [5, 5.41) is 6.83. The zero-order chi connectivity index (χ0) is 17.4. The minimum Gasteiger partial charge on any atom is -0.326 e. The number of anilines is 1. The maximum absolute atomic E-state index is 11.9. The molecule has 0 aliphatic carbocycles. The first-order chi connectivity index (χ1) is 11.5. The number of carbonyl (C=O) groups excluding carboxylic acids is 2. The van der Waals surface area contributed by atoms with Crippen molar-refractivity contribution in [1.29, 1.82) is 0 Å². The summed E-state index contributed by atoms with van der Waals surface area (Å²) in [5.74, 6) is -0.482. The van der Waals surface area contributed by atoms with Gasteiger partial charge >= 0.3 is 0 Å². The van der Waals surface area contributed by atoms with Crippen molar-refractivity contribution in [3.05, 3.63) is 65.7 Å². The van der Waals surface area contributed by atoms with E-state index in [9.17, 15) is 9.59 Å². The number of amides is 2. The molecule has 0 heterocycles. The Labute approximate surface area is 141 Å². The molecular formula is C19H21N3O2. The van der Waals surface area contributed by atoms with Crippen molar-refractivity contribution < 1.29 is 9.59 Å². The van der Waals surface area contributed by atoms with Crippen LogP contribution in [-0.2, 0) is 9.59 Å². The van der Waals surface area contributed by atoms with Crippen LogP contribution in [0.3, 0.4) is 0 Å². The Morgan fingerprint density at radius 3 is 2.38 bits per heavy atom. The highest BCUT2D eigenvalue weighted by Crippen LogP contribution is 2.10. The maximum atomic E-state index is 11.9. The Kier molecular flexibility index (Phi) is 6.25. The quantitative estimate of drug-likeness (QED) is 0.633. The minimum absolute atomic E-state index is 0.0865. The van der Waals surface area contributed by atoms with Crippen molar-refractivity contribution in [3.63, 3.8) is 0 Å². The number of rotatable bonds is 6. The lowest BCUT2D eigenvalue weighted by Crippen LogP contribution is -2.21. The average molecular weight is 323 g/mol. The molecule has 0 fully saturated rings. The van der Waals surface area contributed by atoms with Gasteiger partial charge in [0.2, 0.25) is 11.8 Å². The summed E-state index contributed by atoms with van der Waals surface area (Å²) in [6.45, 7) is 3.77. The zero-order valence-corrected chi connectivity index (χ0v) is 13.9. The van der Waals surface area contributed by atoms with Crippen LogP contribution in [0.2, 0.25) is 0 Å². The molecular weight excluding hydrogens is 302 g/mol. The van der Waals surface area contributed by atoms with E-state index in [1.165, 1.54) is 0 Å². The molecule has 0 aromatic heterocycles. The van der Waals surface area contributed by atoms with Gasteiger partial charge in [-0.05, 0) is 37.1 Å². The highest BCUT2D eigenvalue weighted by molar-refractivity contribution is 5.99. The van der Waals surface area contributed by atoms with E-state index in [0.29, 0.717) is 5.71 Å². The molecule has 2 rings (SSSR count). The van der Waals surface area contributed by atoms with Gasteiger partial charge in [0.25, 0.3) is 0 Å². The van der Waals surface area contributed by atoms with Gasteiger partial charge in [0.15, 0.2) is 0 Å². The van der Waals surface area contributed by atoms with Gasteiger partial charge in [-0.3, -0.25) is 9.59 Å². The van der Waals surface area contributed by atoms with Crippen LogP contribution in [0, 0.1) is 6.92 Å². The van der Waals surface area contributed by atoms with Crippen LogP contribution in [0.15, 0.2) is 59.7 Å². The second-order valence-corrected chi connectivity index (χ2v) is 5.52. The average Bonchev–Trinajstić information content (AvgIpc) is 2.58. The maximum Gasteiger partial charge on any atom is 0.240 e. The third-order valence-electron chi connectivity index (χ3n) is 3.42. The molecule has 0 saturated carbocycles. The van der Waals surface area contributed by atoms with Gasteiger partial charge in [0, 0.05) is 18.5 Å². The number of aryl methyl sites for hydroxylation is 1. The predicted molar refractivity (Wildman–Crippen MR) is 95.8 cm³/mol. The highest BCUT2D eigenvalue weighted by Gasteiger charge is 2.07. The smallest absolute Gasteiger partial charge is 0.240 e. The number of nitrogens with one attached hydrogen (secondary N) is 2. The monoisotopic (exact) mass is 323 g/mol. The molecule has 0 spiro atoms. The molecule has 5 heteroatoms. The Balaban J connectivity index is 1.77. The lowest BCUT2D eigenvalue weighted by molar-refractivity contribution is -0.124. The van der Waals surface area contributed by atoms with Crippen LogP contribution in [0.4, 0.5) is 5.69 Å². The van der Waals surface area contributed by atoms with E-state index in [1.54, 1.807) is 0 Å². The Hall–Kier alpha value is -2.95. The molecule has 2 amide bonds. The van der Waals surface area contributed by atoms with Crippen molar-refractivity contribution in [2.45, 2.75) is 26.7 Å². The normalized spacial score (nSPS) is 11.0. The van der Waals surface area contributed by atoms with E-state index in [4.69, 9.17) is 0 Å². The molecule has 2 aromatic rings. The third-order valence-corrected chi connectivity index (χ3v) is 3.42. The van der Waals surface area contributed by atoms with Gasteiger partial charge < -0.3 is 5.32 Å². The van der Waals surface area contributed by atoms with Gasteiger partial charge in [0.05, 0.1) is 5.71 Å². The van der Waals surface area contributed by atoms with Crippen LogP contribution in [0.1, 0.15) is 30.9 Å². The summed E-state index contributed by atoms with van der Waals surface area (Å²) in [5.41, 5.74) is 5.93. The van der Waals surface area contributed by atoms with Gasteiger partial charge in [-0.1, -0.05) is 42.5 Å². The summed E-state index contributed by atoms with van der Waals surface area (Å²) in [6, 6.07) is 17.1. The fourth-order valence-electron chi connectivity index (χ4n) is 2.12. The Morgan fingerprint density at radius 1 is 0.958 bits per heavy atom. The standard InChI is InChI=1S/C19H21N3O2/c1-14-7-6-10-17(13-14)20-18(23)11-12-19(24)22-21-15(2)16-8-4-3-5-9-16/h3-10,13H,11-12H2,1-2H3,(H,20,23)(H,22,24)/b21-15+. The lowest BCUT2D eigenvalue weighted by atomic mass is 10.1. The van der Waals surface area contributed by atoms with E-state index in [-0.39, 0.29) is 24.7 Å². The summed E-state index contributed by atoms with van der Waals surface area (Å²) < 4.78 is 0. The van der Waals surface area contributed by atoms with Crippen LogP contribution in [0.25, 0.3) is 0 Å². The fourth-order valence-corrected chi connectivity index (χ4v) is 2.12. The molecule has 5 nitrogen and oxygen atoms in total. The van der Waals surface area contributed by atoms with Crippen LogP contribution in [-0.4, -0.2) is 17.5 Å². The van der Waals surface area contributed by atoms with Gasteiger partial charge in [-0.25, -0.2) is 5.43 Å². The number of nitrogens with zero attached hydrogens (tertiary/aromatic N) is 1. The molecule has 2 N–H and O–H groups in total. The van der Waals surface area contributed by atoms with Crippen LogP contribution < -0.4 is 10.7 Å². The number of benzene rings is 2. The van der Waals surface area contributed by atoms with Gasteiger partial charge in [-0.2, -0.15) is 5.10 Å². The van der Waals surface area contributed by atoms with E-state index in [2.05, 4.69) is 15.8 Å². The molecule has 2 aromatic carbocycles. The van der Waals surface area contributed by atoms with Gasteiger partial charge in [0.1, 0.15) is 0 Å². The fraction of sp³-hybridized carbons (Fsp3) is 0.211. The first-order valence-corrected chi connectivity index (χ1v) is 7.79. The molecule has 124 valence electrons. The van der Waals surface area contributed by atoms with E-state index < -0.39 is 0 Å². The second kappa shape index (κ2) is 8.62. The second-order valence-electron chi connectivity index (χ2n) is 5.52. The minimum atomic E-state index is -0.287. The third kappa shape index (κ3) is 5.68. The van der Waals surface area contributed by atoms with Crippen molar-refractivity contribution in [3.8, 4) is 0 Å². The van der Waals surface area contributed by atoms with Crippen molar-refractivity contribution in [1.82, 2.24) is 5.43 Å². The van der Waals surface area contributed by atoms with E-state index in [1.807, 2.05) is 68.4 Å². The molecule has 24 heavy (non-hydrogen) atoms. The zero-order valence-electron chi connectivity index (χ0n) is 13.9.